The lowest BCUT2D eigenvalue weighted by Gasteiger charge is -2.07. The van der Waals surface area contributed by atoms with Crippen molar-refractivity contribution in [1.82, 2.24) is 4.98 Å². The number of nitrogens with zero attached hydrogens (tertiary/aromatic N) is 1. The van der Waals surface area contributed by atoms with Crippen LogP contribution in [0, 0.1) is 6.92 Å². The largest absolute Gasteiger partial charge is 0.423 e. The summed E-state index contributed by atoms with van der Waals surface area (Å²) in [5.74, 6) is 0.156. The van der Waals surface area contributed by atoms with E-state index in [0.717, 1.165) is 21.9 Å². The monoisotopic (exact) mass is 330 g/mol. The average Bonchev–Trinajstić information content (AvgIpc) is 2.61. The zero-order valence-electron chi connectivity index (χ0n) is 13.4. The fraction of sp³-hybridized carbons (Fsp3) is 0.0500. The van der Waals surface area contributed by atoms with Crippen molar-refractivity contribution in [2.45, 2.75) is 6.92 Å². The highest BCUT2D eigenvalue weighted by Gasteiger charge is 2.10. The lowest BCUT2D eigenvalue weighted by atomic mass is 10.1. The molecule has 0 saturated carbocycles. The smallest absolute Gasteiger partial charge is 0.336 e. The zero-order valence-corrected chi connectivity index (χ0v) is 13.4. The maximum absolute atomic E-state index is 12.5. The number of anilines is 1. The predicted molar refractivity (Wildman–Crippen MR) is 96.9 cm³/mol. The number of carbonyl (C=O) groups excluding carboxylic acids is 1. The first-order chi connectivity index (χ1) is 12.1. The first kappa shape index (κ1) is 15.1. The van der Waals surface area contributed by atoms with Crippen molar-refractivity contribution in [3.8, 4) is 0 Å². The van der Waals surface area contributed by atoms with Gasteiger partial charge in [0.1, 0.15) is 11.4 Å². The number of hydrogen-bond donors (Lipinski definition) is 1. The molecule has 0 unspecified atom stereocenters. The molecule has 122 valence electrons. The van der Waals surface area contributed by atoms with Crippen LogP contribution in [0.5, 0.6) is 0 Å². The van der Waals surface area contributed by atoms with Crippen molar-refractivity contribution in [3.63, 3.8) is 0 Å². The summed E-state index contributed by atoms with van der Waals surface area (Å²) in [6.45, 7) is 1.83. The summed E-state index contributed by atoms with van der Waals surface area (Å²) in [6.07, 6.45) is 0. The van der Waals surface area contributed by atoms with Gasteiger partial charge in [-0.3, -0.25) is 4.79 Å². The number of para-hydroxylation sites is 1. The molecule has 0 atom stereocenters. The van der Waals surface area contributed by atoms with E-state index >= 15 is 0 Å². The normalized spacial score (nSPS) is 10.9. The van der Waals surface area contributed by atoms with Crippen LogP contribution in [0.4, 0.5) is 5.82 Å². The highest BCUT2D eigenvalue weighted by molar-refractivity contribution is 6.06. The molecule has 0 bridgehead atoms. The van der Waals surface area contributed by atoms with Crippen molar-refractivity contribution in [1.29, 1.82) is 0 Å². The van der Waals surface area contributed by atoms with Crippen LogP contribution in [-0.2, 0) is 0 Å². The summed E-state index contributed by atoms with van der Waals surface area (Å²) < 4.78 is 5.19. The summed E-state index contributed by atoms with van der Waals surface area (Å²) in [5.41, 5.74) is 1.98. The quantitative estimate of drug-likeness (QED) is 0.566. The number of amides is 1. The van der Waals surface area contributed by atoms with Crippen LogP contribution in [0.1, 0.15) is 15.9 Å². The number of aryl methyl sites for hydroxylation is 1. The van der Waals surface area contributed by atoms with E-state index in [1.807, 2.05) is 37.3 Å². The topological polar surface area (TPSA) is 72.2 Å². The molecule has 0 fully saturated rings. The first-order valence-electron chi connectivity index (χ1n) is 7.82. The summed E-state index contributed by atoms with van der Waals surface area (Å²) in [4.78, 5) is 28.4. The van der Waals surface area contributed by atoms with Gasteiger partial charge in [-0.15, -0.1) is 0 Å². The molecule has 4 rings (SSSR count). The highest BCUT2D eigenvalue weighted by atomic mass is 16.4. The van der Waals surface area contributed by atoms with Crippen LogP contribution in [0.15, 0.2) is 69.9 Å². The third-order valence-corrected chi connectivity index (χ3v) is 4.05. The summed E-state index contributed by atoms with van der Waals surface area (Å²) >= 11 is 0. The molecule has 1 N–H and O–H groups in total. The molecule has 2 aromatic carbocycles. The van der Waals surface area contributed by atoms with E-state index in [1.54, 1.807) is 24.3 Å². The van der Waals surface area contributed by atoms with Crippen molar-refractivity contribution >= 4 is 33.6 Å². The van der Waals surface area contributed by atoms with Gasteiger partial charge < -0.3 is 9.73 Å². The van der Waals surface area contributed by atoms with Gasteiger partial charge in [-0.2, -0.15) is 0 Å². The van der Waals surface area contributed by atoms with E-state index in [2.05, 4.69) is 10.3 Å². The van der Waals surface area contributed by atoms with E-state index < -0.39 is 5.63 Å². The summed E-state index contributed by atoms with van der Waals surface area (Å²) in [5, 5.41) is 4.58. The Labute approximate surface area is 142 Å². The number of pyridine rings is 1. The average molecular weight is 330 g/mol. The third kappa shape index (κ3) is 2.87. The van der Waals surface area contributed by atoms with Gasteiger partial charge in [-0.05, 0) is 42.8 Å². The van der Waals surface area contributed by atoms with Crippen molar-refractivity contribution in [2.75, 3.05) is 5.32 Å². The van der Waals surface area contributed by atoms with Gasteiger partial charge in [0.15, 0.2) is 0 Å². The molecule has 4 aromatic rings. The highest BCUT2D eigenvalue weighted by Crippen LogP contribution is 2.19. The molecule has 0 saturated heterocycles. The molecule has 25 heavy (non-hydrogen) atoms. The summed E-state index contributed by atoms with van der Waals surface area (Å²) in [7, 11) is 0. The minimum atomic E-state index is -0.432. The molecule has 0 spiro atoms. The van der Waals surface area contributed by atoms with E-state index in [0.29, 0.717) is 17.0 Å². The Morgan fingerprint density at radius 3 is 2.76 bits per heavy atom. The number of rotatable bonds is 2. The Bertz CT molecular complexity index is 1180. The number of hydrogen-bond acceptors (Lipinski definition) is 4. The maximum atomic E-state index is 12.5. The molecule has 0 aliphatic rings. The molecule has 0 aliphatic heterocycles. The number of benzene rings is 2. The predicted octanol–water partition coefficient (Wildman–Crippen LogP) is 3.90. The van der Waals surface area contributed by atoms with Crippen molar-refractivity contribution < 1.29 is 9.21 Å². The zero-order chi connectivity index (χ0) is 17.4. The third-order valence-electron chi connectivity index (χ3n) is 4.05. The van der Waals surface area contributed by atoms with Crippen molar-refractivity contribution in [3.05, 3.63) is 82.2 Å². The maximum Gasteiger partial charge on any atom is 0.336 e. The first-order valence-corrected chi connectivity index (χ1v) is 7.82. The van der Waals surface area contributed by atoms with Gasteiger partial charge in [0.2, 0.25) is 0 Å². The molecule has 2 aromatic heterocycles. The molecule has 5 heteroatoms. The van der Waals surface area contributed by atoms with Crippen LogP contribution in [-0.4, -0.2) is 10.9 Å². The number of nitrogens with one attached hydrogen (secondary N) is 1. The Balaban J connectivity index is 1.67. The number of fused-ring (bicyclic) bond motifs is 2. The number of aromatic nitrogens is 1. The fourth-order valence-corrected chi connectivity index (χ4v) is 2.79. The molecular weight excluding hydrogens is 316 g/mol. The fourth-order valence-electron chi connectivity index (χ4n) is 2.79. The van der Waals surface area contributed by atoms with E-state index in [-0.39, 0.29) is 5.91 Å². The minimum absolute atomic E-state index is 0.311. The Morgan fingerprint density at radius 2 is 1.88 bits per heavy atom. The van der Waals surface area contributed by atoms with Crippen LogP contribution < -0.4 is 10.9 Å². The molecular formula is C20H14N2O3. The molecule has 0 radical (unpaired) electrons. The lowest BCUT2D eigenvalue weighted by Crippen LogP contribution is -2.13. The van der Waals surface area contributed by atoms with Gasteiger partial charge in [0, 0.05) is 22.4 Å². The Hall–Kier alpha value is -3.47. The van der Waals surface area contributed by atoms with Crippen LogP contribution in [0.2, 0.25) is 0 Å². The van der Waals surface area contributed by atoms with Crippen LogP contribution >= 0.6 is 0 Å². The second-order valence-electron chi connectivity index (χ2n) is 5.80. The summed E-state index contributed by atoms with van der Waals surface area (Å²) in [6, 6.07) is 17.8. The Kier molecular flexibility index (Phi) is 3.54. The van der Waals surface area contributed by atoms with E-state index in [4.69, 9.17) is 4.42 Å². The molecule has 0 aliphatic carbocycles. The standard InChI is InChI=1S/C20H14N2O3/c1-12-10-19(23)25-17-11-14(6-8-15(12)17)20(24)22-18-9-7-13-4-2-3-5-16(13)21-18/h2-11H,1H3,(H,21,22,24). The Morgan fingerprint density at radius 1 is 1.04 bits per heavy atom. The molecule has 5 nitrogen and oxygen atoms in total. The van der Waals surface area contributed by atoms with Gasteiger partial charge >= 0.3 is 5.63 Å². The van der Waals surface area contributed by atoms with Crippen molar-refractivity contribution in [2.24, 2.45) is 0 Å². The SMILES string of the molecule is Cc1cc(=O)oc2cc(C(=O)Nc3ccc4ccccc4n3)ccc12. The van der Waals surface area contributed by atoms with Gasteiger partial charge in [0.05, 0.1) is 5.52 Å². The number of carbonyl (C=O) groups is 1. The second kappa shape index (κ2) is 5.87. The lowest BCUT2D eigenvalue weighted by molar-refractivity contribution is 0.102. The second-order valence-corrected chi connectivity index (χ2v) is 5.80. The molecule has 1 amide bonds. The van der Waals surface area contributed by atoms with Crippen LogP contribution in [0.3, 0.4) is 0 Å². The minimum Gasteiger partial charge on any atom is -0.423 e. The van der Waals surface area contributed by atoms with Gasteiger partial charge in [0.25, 0.3) is 5.91 Å². The molecule has 2 heterocycles. The van der Waals surface area contributed by atoms with Crippen LogP contribution in [0.25, 0.3) is 21.9 Å². The van der Waals surface area contributed by atoms with Gasteiger partial charge in [-0.25, -0.2) is 9.78 Å². The van der Waals surface area contributed by atoms with E-state index in [9.17, 15) is 9.59 Å². The van der Waals surface area contributed by atoms with Gasteiger partial charge in [-0.1, -0.05) is 24.3 Å². The van der Waals surface area contributed by atoms with E-state index in [1.165, 1.54) is 6.07 Å².